The average Bonchev–Trinajstić information content (AvgIpc) is 2.36. The van der Waals surface area contributed by atoms with Crippen molar-refractivity contribution in [3.05, 3.63) is 30.3 Å². The van der Waals surface area contributed by atoms with Crippen LogP contribution < -0.4 is 4.90 Å². The first-order valence-corrected chi connectivity index (χ1v) is 6.89. The minimum Gasteiger partial charge on any atom is -0.284 e. The van der Waals surface area contributed by atoms with Gasteiger partial charge >= 0.3 is 6.03 Å². The highest BCUT2D eigenvalue weighted by Crippen LogP contribution is 2.25. The van der Waals surface area contributed by atoms with Gasteiger partial charge in [-0.05, 0) is 26.0 Å². The molecule has 0 unspecified atom stereocenters. The molecule has 1 aliphatic rings. The summed E-state index contributed by atoms with van der Waals surface area (Å²) in [5.74, 6) is 0.610. The number of urea groups is 1. The van der Waals surface area contributed by atoms with Crippen LogP contribution in [0.2, 0.25) is 0 Å². The van der Waals surface area contributed by atoms with Gasteiger partial charge in [0.05, 0.1) is 5.88 Å². The molecule has 0 bridgehead atoms. The number of benzene rings is 1. The van der Waals surface area contributed by atoms with Gasteiger partial charge in [-0.2, -0.15) is 0 Å². The number of carbonyl (C=O) groups is 1. The Hall–Kier alpha value is -1.49. The summed E-state index contributed by atoms with van der Waals surface area (Å²) < 4.78 is 0. The zero-order chi connectivity index (χ0) is 13.1. The van der Waals surface area contributed by atoms with Gasteiger partial charge in [-0.15, -0.1) is 0 Å². The van der Waals surface area contributed by atoms with Gasteiger partial charge in [0.2, 0.25) is 0 Å². The van der Waals surface area contributed by atoms with Crippen LogP contribution in [0.3, 0.4) is 0 Å². The van der Waals surface area contributed by atoms with Crippen LogP contribution >= 0.6 is 11.8 Å². The highest BCUT2D eigenvalue weighted by Gasteiger charge is 2.29. The average molecular weight is 263 g/mol. The zero-order valence-corrected chi connectivity index (χ0v) is 11.6. The third kappa shape index (κ3) is 2.67. The Bertz CT molecular complexity index is 459. The largest absolute Gasteiger partial charge is 0.331 e. The summed E-state index contributed by atoms with van der Waals surface area (Å²) in [5, 5.41) is 0.794. The lowest BCUT2D eigenvalue weighted by Crippen LogP contribution is -2.48. The predicted molar refractivity (Wildman–Crippen MR) is 77.1 cm³/mol. The molecule has 1 aromatic rings. The summed E-state index contributed by atoms with van der Waals surface area (Å²) in [6, 6.07) is 9.87. The quantitative estimate of drug-likeness (QED) is 0.822. The van der Waals surface area contributed by atoms with Gasteiger partial charge in [-0.25, -0.2) is 4.79 Å². The maximum atomic E-state index is 12.3. The third-order valence-corrected chi connectivity index (χ3v) is 3.59. The summed E-state index contributed by atoms with van der Waals surface area (Å²) >= 11 is 1.59. The molecule has 2 rings (SSSR count). The van der Waals surface area contributed by atoms with E-state index in [4.69, 9.17) is 0 Å². The lowest BCUT2D eigenvalue weighted by molar-refractivity contribution is 0.233. The molecule has 4 nitrogen and oxygen atoms in total. The smallest absolute Gasteiger partial charge is 0.284 e. The van der Waals surface area contributed by atoms with Crippen LogP contribution in [0.15, 0.2) is 35.3 Å². The van der Waals surface area contributed by atoms with Crippen molar-refractivity contribution in [3.8, 4) is 0 Å². The molecule has 0 spiro atoms. The van der Waals surface area contributed by atoms with E-state index in [-0.39, 0.29) is 12.1 Å². The van der Waals surface area contributed by atoms with Crippen LogP contribution in [0.25, 0.3) is 0 Å². The van der Waals surface area contributed by atoms with E-state index in [1.54, 1.807) is 28.6 Å². The van der Waals surface area contributed by atoms with Crippen molar-refractivity contribution >= 4 is 28.6 Å². The van der Waals surface area contributed by atoms with Crippen molar-refractivity contribution in [2.45, 2.75) is 19.9 Å². The summed E-state index contributed by atoms with van der Waals surface area (Å²) in [6.07, 6.45) is 0. The number of hydrogen-bond donors (Lipinski definition) is 0. The molecule has 0 radical (unpaired) electrons. The number of amidine groups is 1. The van der Waals surface area contributed by atoms with E-state index in [0.29, 0.717) is 5.88 Å². The molecule has 1 fully saturated rings. The van der Waals surface area contributed by atoms with Crippen molar-refractivity contribution in [3.63, 3.8) is 0 Å². The highest BCUT2D eigenvalue weighted by molar-refractivity contribution is 8.14. The van der Waals surface area contributed by atoms with Crippen LogP contribution in [0.5, 0.6) is 0 Å². The highest BCUT2D eigenvalue weighted by atomic mass is 32.2. The SMILES string of the molecule is CC(C)N=C1SCN(c2ccccc2)C(=O)N1C. The Morgan fingerprint density at radius 2 is 1.94 bits per heavy atom. The fourth-order valence-electron chi connectivity index (χ4n) is 1.67. The van der Waals surface area contributed by atoms with Crippen molar-refractivity contribution < 1.29 is 4.79 Å². The lowest BCUT2D eigenvalue weighted by Gasteiger charge is -2.33. The molecule has 0 aliphatic carbocycles. The number of para-hydroxylation sites is 1. The maximum Gasteiger partial charge on any atom is 0.331 e. The molecule has 0 aromatic heterocycles. The maximum absolute atomic E-state index is 12.3. The summed E-state index contributed by atoms with van der Waals surface area (Å²) in [6.45, 7) is 4.02. The molecule has 1 saturated heterocycles. The number of amides is 2. The molecule has 2 amide bonds. The fraction of sp³-hybridized carbons (Fsp3) is 0.385. The van der Waals surface area contributed by atoms with Gasteiger partial charge in [-0.1, -0.05) is 30.0 Å². The van der Waals surface area contributed by atoms with E-state index in [0.717, 1.165) is 10.9 Å². The number of carbonyl (C=O) groups excluding carboxylic acids is 1. The lowest BCUT2D eigenvalue weighted by atomic mass is 10.3. The molecule has 1 heterocycles. The number of nitrogens with zero attached hydrogens (tertiary/aromatic N) is 3. The molecular weight excluding hydrogens is 246 g/mol. The minimum atomic E-state index is -0.0284. The number of thioether (sulfide) groups is 1. The molecule has 96 valence electrons. The molecule has 0 saturated carbocycles. The standard InChI is InChI=1S/C13H17N3OS/c1-10(2)14-12-15(3)13(17)16(9-18-12)11-7-5-4-6-8-11/h4-8,10H,9H2,1-3H3. The fourth-order valence-corrected chi connectivity index (χ4v) is 2.74. The van der Waals surface area contributed by atoms with Crippen LogP contribution in [0.1, 0.15) is 13.8 Å². The van der Waals surface area contributed by atoms with Crippen molar-refractivity contribution in [2.24, 2.45) is 4.99 Å². The molecule has 1 aliphatic heterocycles. The van der Waals surface area contributed by atoms with Crippen LogP contribution in [0, 0.1) is 0 Å². The van der Waals surface area contributed by atoms with Gasteiger partial charge in [0.15, 0.2) is 5.17 Å². The van der Waals surface area contributed by atoms with Crippen molar-refractivity contribution in [1.82, 2.24) is 4.90 Å². The van der Waals surface area contributed by atoms with Crippen molar-refractivity contribution in [1.29, 1.82) is 0 Å². The van der Waals surface area contributed by atoms with E-state index in [9.17, 15) is 4.79 Å². The number of anilines is 1. The first kappa shape index (κ1) is 13.0. The minimum absolute atomic E-state index is 0.0284. The Morgan fingerprint density at radius 3 is 2.56 bits per heavy atom. The number of aliphatic imine (C=N–C) groups is 1. The van der Waals surface area contributed by atoms with Gasteiger partial charge < -0.3 is 0 Å². The van der Waals surface area contributed by atoms with Gasteiger partial charge in [-0.3, -0.25) is 14.8 Å². The van der Waals surface area contributed by atoms with E-state index in [1.807, 2.05) is 44.2 Å². The molecule has 0 atom stereocenters. The normalized spacial score (nSPS) is 18.9. The Morgan fingerprint density at radius 1 is 1.28 bits per heavy atom. The predicted octanol–water partition coefficient (Wildman–Crippen LogP) is 3.01. The Balaban J connectivity index is 2.19. The van der Waals surface area contributed by atoms with E-state index in [2.05, 4.69) is 4.99 Å². The first-order valence-electron chi connectivity index (χ1n) is 5.90. The molecular formula is C13H17N3OS. The van der Waals surface area contributed by atoms with Crippen LogP contribution in [-0.2, 0) is 0 Å². The van der Waals surface area contributed by atoms with E-state index >= 15 is 0 Å². The van der Waals surface area contributed by atoms with E-state index in [1.165, 1.54) is 0 Å². The number of hydrogen-bond acceptors (Lipinski definition) is 3. The Kier molecular flexibility index (Phi) is 3.91. The van der Waals surface area contributed by atoms with Crippen LogP contribution in [0.4, 0.5) is 10.5 Å². The first-order chi connectivity index (χ1) is 8.59. The summed E-state index contributed by atoms with van der Waals surface area (Å²) in [4.78, 5) is 20.1. The zero-order valence-electron chi connectivity index (χ0n) is 10.8. The molecule has 5 heteroatoms. The topological polar surface area (TPSA) is 35.9 Å². The molecule has 0 N–H and O–H groups in total. The van der Waals surface area contributed by atoms with Crippen LogP contribution in [-0.4, -0.2) is 35.1 Å². The number of rotatable bonds is 2. The summed E-state index contributed by atoms with van der Waals surface area (Å²) in [7, 11) is 1.77. The molecule has 18 heavy (non-hydrogen) atoms. The second-order valence-corrected chi connectivity index (χ2v) is 5.30. The summed E-state index contributed by atoms with van der Waals surface area (Å²) in [5.41, 5.74) is 0.922. The second-order valence-electron chi connectivity index (χ2n) is 4.38. The Labute approximate surface area is 112 Å². The third-order valence-electron chi connectivity index (χ3n) is 2.56. The second kappa shape index (κ2) is 5.44. The van der Waals surface area contributed by atoms with Gasteiger partial charge in [0.1, 0.15) is 0 Å². The van der Waals surface area contributed by atoms with Gasteiger partial charge in [0, 0.05) is 18.8 Å². The monoisotopic (exact) mass is 263 g/mol. The van der Waals surface area contributed by atoms with Crippen molar-refractivity contribution in [2.75, 3.05) is 17.8 Å². The molecule has 1 aromatic carbocycles. The van der Waals surface area contributed by atoms with E-state index < -0.39 is 0 Å². The van der Waals surface area contributed by atoms with Gasteiger partial charge in [0.25, 0.3) is 0 Å².